The highest BCUT2D eigenvalue weighted by molar-refractivity contribution is 5.96. The van der Waals surface area contributed by atoms with Gasteiger partial charge in [0.15, 0.2) is 5.69 Å². The average molecular weight is 434 g/mol. The Labute approximate surface area is 181 Å². The molecule has 2 rings (SSSR count). The highest BCUT2D eigenvalue weighted by Crippen LogP contribution is 2.19. The molecule has 1 heterocycles. The summed E-state index contributed by atoms with van der Waals surface area (Å²) in [6, 6.07) is 6.07. The molecule has 3 N–H and O–H groups in total. The Hall–Kier alpha value is -2.94. The molecule has 0 aliphatic heterocycles. The van der Waals surface area contributed by atoms with Crippen molar-refractivity contribution in [2.24, 2.45) is 5.92 Å². The van der Waals surface area contributed by atoms with Crippen molar-refractivity contribution in [3.05, 3.63) is 56.5 Å². The number of carbonyl (C=O) groups excluding carboxylic acids is 1. The van der Waals surface area contributed by atoms with E-state index in [0.717, 1.165) is 12.0 Å². The minimum absolute atomic E-state index is 0.00640. The first-order chi connectivity index (χ1) is 14.6. The maximum Gasteiger partial charge on any atom is 0.330 e. The van der Waals surface area contributed by atoms with E-state index >= 15 is 0 Å². The van der Waals surface area contributed by atoms with E-state index in [1.54, 1.807) is 24.1 Å². The maximum atomic E-state index is 13.2. The smallest absolute Gasteiger partial charge is 0.330 e. The summed E-state index contributed by atoms with van der Waals surface area (Å²) in [5.41, 5.74) is 5.82. The summed E-state index contributed by atoms with van der Waals surface area (Å²) in [5.74, 6) is -0.502. The highest BCUT2D eigenvalue weighted by Gasteiger charge is 2.25. The number of amides is 1. The van der Waals surface area contributed by atoms with Gasteiger partial charge in [-0.2, -0.15) is 0 Å². The first-order valence-corrected chi connectivity index (χ1v) is 10.5. The highest BCUT2D eigenvalue weighted by atomic mass is 19.1. The Bertz CT molecular complexity index is 998. The van der Waals surface area contributed by atoms with Gasteiger partial charge >= 0.3 is 5.69 Å². The van der Waals surface area contributed by atoms with Gasteiger partial charge in [0.05, 0.1) is 6.54 Å². The second-order valence-corrected chi connectivity index (χ2v) is 8.20. The second kappa shape index (κ2) is 10.9. The van der Waals surface area contributed by atoms with Gasteiger partial charge in [-0.05, 0) is 37.1 Å². The van der Waals surface area contributed by atoms with Crippen LogP contribution in [-0.4, -0.2) is 40.5 Å². The van der Waals surface area contributed by atoms with E-state index in [0.29, 0.717) is 26.1 Å². The topological polar surface area (TPSA) is 104 Å². The molecule has 1 amide bonds. The van der Waals surface area contributed by atoms with Crippen molar-refractivity contribution in [3.8, 4) is 0 Å². The lowest BCUT2D eigenvalue weighted by molar-refractivity contribution is -0.119. The molecule has 0 bridgehead atoms. The Balaban J connectivity index is 2.32. The van der Waals surface area contributed by atoms with Gasteiger partial charge in [-0.25, -0.2) is 9.18 Å². The summed E-state index contributed by atoms with van der Waals surface area (Å²) in [7, 11) is 1.77. The van der Waals surface area contributed by atoms with Crippen LogP contribution >= 0.6 is 0 Å². The number of aromatic nitrogens is 2. The van der Waals surface area contributed by atoms with Crippen LogP contribution in [0, 0.1) is 11.7 Å². The predicted octanol–water partition coefficient (Wildman–Crippen LogP) is 2.18. The molecule has 9 heteroatoms. The van der Waals surface area contributed by atoms with Gasteiger partial charge in [0.1, 0.15) is 11.6 Å². The van der Waals surface area contributed by atoms with Crippen molar-refractivity contribution in [1.82, 2.24) is 14.5 Å². The van der Waals surface area contributed by atoms with E-state index in [2.05, 4.69) is 4.98 Å². The number of nitrogens with zero attached hydrogens (tertiary/aromatic N) is 3. The number of nitrogens with two attached hydrogens (primary N) is 1. The standard InChI is InChI=1S/C22H32FN5O3/c1-5-6-11-27(18(29)14-26(4)13-16-7-9-17(23)10-8-16)19-20(24)28(12-15(2)3)22(31)25-21(19)30/h7-10,15H,5-6,11-14,24H2,1-4H3,(H,25,30,31). The molecule has 0 spiro atoms. The summed E-state index contributed by atoms with van der Waals surface area (Å²) >= 11 is 0. The number of nitrogens with one attached hydrogen (secondary N) is 1. The summed E-state index contributed by atoms with van der Waals surface area (Å²) < 4.78 is 14.4. The molecule has 0 aliphatic rings. The molecule has 0 unspecified atom stereocenters. The maximum absolute atomic E-state index is 13.2. The number of carbonyl (C=O) groups is 1. The van der Waals surface area contributed by atoms with Crippen molar-refractivity contribution >= 4 is 17.4 Å². The van der Waals surface area contributed by atoms with Gasteiger partial charge in [-0.3, -0.25) is 24.0 Å². The van der Waals surface area contributed by atoms with Crippen LogP contribution < -0.4 is 21.9 Å². The SMILES string of the molecule is CCCCN(C(=O)CN(C)Cc1ccc(F)cc1)c1c(N)n(CC(C)C)c(=O)[nH]c1=O. The van der Waals surface area contributed by atoms with Gasteiger partial charge in [-0.1, -0.05) is 39.3 Å². The summed E-state index contributed by atoms with van der Waals surface area (Å²) in [6.07, 6.45) is 1.49. The summed E-state index contributed by atoms with van der Waals surface area (Å²) in [5, 5.41) is 0. The molecule has 1 aromatic heterocycles. The number of halogens is 1. The van der Waals surface area contributed by atoms with Crippen molar-refractivity contribution in [2.45, 2.75) is 46.7 Å². The Morgan fingerprint density at radius 1 is 1.23 bits per heavy atom. The van der Waals surface area contributed by atoms with Crippen LogP contribution in [0.5, 0.6) is 0 Å². The molecule has 8 nitrogen and oxygen atoms in total. The molecule has 1 aromatic carbocycles. The van der Waals surface area contributed by atoms with Crippen LogP contribution in [0.3, 0.4) is 0 Å². The van der Waals surface area contributed by atoms with Crippen LogP contribution in [0.1, 0.15) is 39.2 Å². The molecule has 31 heavy (non-hydrogen) atoms. The molecular formula is C22H32FN5O3. The molecule has 0 aliphatic carbocycles. The minimum atomic E-state index is -0.673. The first kappa shape index (κ1) is 24.3. The lowest BCUT2D eigenvalue weighted by atomic mass is 10.2. The number of aromatic amines is 1. The fraction of sp³-hybridized carbons (Fsp3) is 0.500. The molecule has 170 valence electrons. The molecule has 2 aromatic rings. The molecule has 0 fully saturated rings. The number of H-pyrrole nitrogens is 1. The van der Waals surface area contributed by atoms with Crippen LogP contribution in [-0.2, 0) is 17.9 Å². The number of hydrogen-bond acceptors (Lipinski definition) is 5. The van der Waals surface area contributed by atoms with Gasteiger partial charge < -0.3 is 10.6 Å². The van der Waals surface area contributed by atoms with E-state index < -0.39 is 11.2 Å². The molecule has 0 radical (unpaired) electrons. The van der Waals surface area contributed by atoms with Crippen LogP contribution in [0.25, 0.3) is 0 Å². The summed E-state index contributed by atoms with van der Waals surface area (Å²) in [6.45, 7) is 6.95. The molecule has 0 saturated heterocycles. The number of likely N-dealkylation sites (N-methyl/N-ethyl adjacent to an activating group) is 1. The van der Waals surface area contributed by atoms with Crippen molar-refractivity contribution in [2.75, 3.05) is 30.8 Å². The number of hydrogen-bond donors (Lipinski definition) is 2. The van der Waals surface area contributed by atoms with E-state index in [4.69, 9.17) is 5.73 Å². The van der Waals surface area contributed by atoms with Gasteiger partial charge in [-0.15, -0.1) is 0 Å². The molecular weight excluding hydrogens is 401 g/mol. The monoisotopic (exact) mass is 433 g/mol. The van der Waals surface area contributed by atoms with Gasteiger partial charge in [0.2, 0.25) is 5.91 Å². The lowest BCUT2D eigenvalue weighted by Crippen LogP contribution is -2.45. The molecule has 0 saturated carbocycles. The van der Waals surface area contributed by atoms with Crippen molar-refractivity contribution < 1.29 is 9.18 Å². The Morgan fingerprint density at radius 2 is 1.87 bits per heavy atom. The number of unbranched alkanes of at least 4 members (excludes halogenated alkanes) is 1. The third kappa shape index (κ3) is 6.52. The van der Waals surface area contributed by atoms with Crippen LogP contribution in [0.4, 0.5) is 15.9 Å². The normalized spacial score (nSPS) is 11.3. The number of anilines is 2. The number of nitrogen functional groups attached to an aromatic ring is 1. The molecule has 0 atom stereocenters. The fourth-order valence-electron chi connectivity index (χ4n) is 3.34. The van der Waals surface area contributed by atoms with E-state index in [9.17, 15) is 18.8 Å². The van der Waals surface area contributed by atoms with E-state index in [1.165, 1.54) is 21.6 Å². The van der Waals surface area contributed by atoms with Crippen LogP contribution in [0.2, 0.25) is 0 Å². The summed E-state index contributed by atoms with van der Waals surface area (Å²) in [4.78, 5) is 43.5. The average Bonchev–Trinajstić information content (AvgIpc) is 2.69. The zero-order valence-electron chi connectivity index (χ0n) is 18.7. The third-order valence-corrected chi connectivity index (χ3v) is 4.84. The zero-order chi connectivity index (χ0) is 23.1. The predicted molar refractivity (Wildman–Crippen MR) is 121 cm³/mol. The fourth-order valence-corrected chi connectivity index (χ4v) is 3.34. The third-order valence-electron chi connectivity index (χ3n) is 4.84. The Morgan fingerprint density at radius 3 is 2.45 bits per heavy atom. The van der Waals surface area contributed by atoms with Gasteiger partial charge in [0.25, 0.3) is 5.56 Å². The van der Waals surface area contributed by atoms with Crippen LogP contribution in [0.15, 0.2) is 33.9 Å². The largest absolute Gasteiger partial charge is 0.383 e. The Kier molecular flexibility index (Phi) is 8.56. The lowest BCUT2D eigenvalue weighted by Gasteiger charge is -2.27. The van der Waals surface area contributed by atoms with Gasteiger partial charge in [0, 0.05) is 19.6 Å². The quantitative estimate of drug-likeness (QED) is 0.598. The number of benzene rings is 1. The van der Waals surface area contributed by atoms with E-state index in [-0.39, 0.29) is 35.7 Å². The van der Waals surface area contributed by atoms with Crippen molar-refractivity contribution in [1.29, 1.82) is 0 Å². The zero-order valence-corrected chi connectivity index (χ0v) is 18.7. The van der Waals surface area contributed by atoms with Crippen molar-refractivity contribution in [3.63, 3.8) is 0 Å². The van der Waals surface area contributed by atoms with E-state index in [1.807, 2.05) is 20.8 Å². The second-order valence-electron chi connectivity index (χ2n) is 8.20. The minimum Gasteiger partial charge on any atom is -0.383 e. The number of rotatable bonds is 10. The first-order valence-electron chi connectivity index (χ1n) is 10.5.